The number of hydrogen-bond acceptors (Lipinski definition) is 2. The fourth-order valence-electron chi connectivity index (χ4n) is 2.33. The number of halogens is 2. The van der Waals surface area contributed by atoms with Gasteiger partial charge in [0, 0.05) is 28.6 Å². The van der Waals surface area contributed by atoms with Crippen LogP contribution in [0.2, 0.25) is 5.02 Å². The van der Waals surface area contributed by atoms with Gasteiger partial charge in [-0.05, 0) is 53.5 Å². The second-order valence-corrected chi connectivity index (χ2v) is 6.10. The van der Waals surface area contributed by atoms with Crippen molar-refractivity contribution in [2.45, 2.75) is 25.8 Å². The van der Waals surface area contributed by atoms with Gasteiger partial charge in [0.2, 0.25) is 0 Å². The van der Waals surface area contributed by atoms with E-state index in [1.54, 1.807) is 18.2 Å². The number of likely N-dealkylation sites (tertiary alicyclic amines) is 1. The predicted molar refractivity (Wildman–Crippen MR) is 81.8 cm³/mol. The molecule has 0 radical (unpaired) electrons. The average Bonchev–Trinajstić information content (AvgIpc) is 2.39. The maximum Gasteiger partial charge on any atom is 0.252 e. The first-order valence-corrected chi connectivity index (χ1v) is 7.75. The van der Waals surface area contributed by atoms with E-state index in [1.807, 2.05) is 0 Å². The molecule has 0 aromatic heterocycles. The van der Waals surface area contributed by atoms with Crippen LogP contribution in [0.4, 0.5) is 0 Å². The first-order chi connectivity index (χ1) is 9.10. The lowest BCUT2D eigenvalue weighted by Gasteiger charge is -2.31. The summed E-state index contributed by atoms with van der Waals surface area (Å²) in [6.45, 7) is 5.37. The average molecular weight is 346 g/mol. The number of carbonyl (C=O) groups excluding carboxylic acids is 1. The van der Waals surface area contributed by atoms with Gasteiger partial charge < -0.3 is 10.2 Å². The van der Waals surface area contributed by atoms with Crippen molar-refractivity contribution in [3.8, 4) is 0 Å². The van der Waals surface area contributed by atoms with Crippen LogP contribution in [0, 0.1) is 0 Å². The van der Waals surface area contributed by atoms with Crippen molar-refractivity contribution in [1.82, 2.24) is 10.2 Å². The van der Waals surface area contributed by atoms with Crippen LogP contribution in [0.25, 0.3) is 0 Å². The molecule has 2 rings (SSSR count). The molecule has 1 fully saturated rings. The second kappa shape index (κ2) is 6.73. The molecule has 3 nitrogen and oxygen atoms in total. The molecule has 1 aliphatic rings. The summed E-state index contributed by atoms with van der Waals surface area (Å²) in [5.41, 5.74) is 0.641. The summed E-state index contributed by atoms with van der Waals surface area (Å²) >= 11 is 9.26. The highest BCUT2D eigenvalue weighted by atomic mass is 79.9. The Morgan fingerprint density at radius 2 is 2.16 bits per heavy atom. The van der Waals surface area contributed by atoms with Crippen LogP contribution in [-0.4, -0.2) is 36.5 Å². The number of carbonyl (C=O) groups is 1. The van der Waals surface area contributed by atoms with E-state index < -0.39 is 0 Å². The van der Waals surface area contributed by atoms with Gasteiger partial charge in [-0.25, -0.2) is 0 Å². The van der Waals surface area contributed by atoms with Crippen molar-refractivity contribution in [3.05, 3.63) is 33.3 Å². The van der Waals surface area contributed by atoms with E-state index in [2.05, 4.69) is 33.1 Å². The van der Waals surface area contributed by atoms with Crippen LogP contribution in [0.5, 0.6) is 0 Å². The number of nitrogens with zero attached hydrogens (tertiary/aromatic N) is 1. The van der Waals surface area contributed by atoms with E-state index in [1.165, 1.54) is 0 Å². The molecule has 0 bridgehead atoms. The first-order valence-electron chi connectivity index (χ1n) is 6.58. The van der Waals surface area contributed by atoms with Crippen molar-refractivity contribution in [3.63, 3.8) is 0 Å². The van der Waals surface area contributed by atoms with Gasteiger partial charge in [-0.2, -0.15) is 0 Å². The van der Waals surface area contributed by atoms with Crippen LogP contribution in [0.15, 0.2) is 22.7 Å². The zero-order valence-corrected chi connectivity index (χ0v) is 13.3. The van der Waals surface area contributed by atoms with Gasteiger partial charge in [-0.15, -0.1) is 0 Å². The standard InChI is InChI=1S/C14H18BrClN2O/c1-2-18-7-5-11(6-8-18)17-14(19)12-4-3-10(16)9-13(12)15/h3-4,9,11H,2,5-8H2,1H3,(H,17,19). The molecule has 1 aromatic carbocycles. The van der Waals surface area contributed by atoms with Gasteiger partial charge in [-0.1, -0.05) is 18.5 Å². The second-order valence-electron chi connectivity index (χ2n) is 4.81. The third kappa shape index (κ3) is 3.94. The quantitative estimate of drug-likeness (QED) is 0.911. The summed E-state index contributed by atoms with van der Waals surface area (Å²) in [4.78, 5) is 14.6. The molecule has 0 spiro atoms. The zero-order chi connectivity index (χ0) is 13.8. The lowest BCUT2D eigenvalue weighted by Crippen LogP contribution is -2.44. The fraction of sp³-hybridized carbons (Fsp3) is 0.500. The van der Waals surface area contributed by atoms with Crippen LogP contribution >= 0.6 is 27.5 Å². The Balaban J connectivity index is 1.94. The fourth-order valence-corrected chi connectivity index (χ4v) is 3.19. The largest absolute Gasteiger partial charge is 0.349 e. The molecule has 1 aliphatic heterocycles. The lowest BCUT2D eigenvalue weighted by molar-refractivity contribution is 0.0912. The maximum atomic E-state index is 12.2. The monoisotopic (exact) mass is 344 g/mol. The first kappa shape index (κ1) is 14.8. The highest BCUT2D eigenvalue weighted by Crippen LogP contribution is 2.22. The van der Waals surface area contributed by atoms with Crippen LogP contribution < -0.4 is 5.32 Å². The van der Waals surface area contributed by atoms with Crippen molar-refractivity contribution >= 4 is 33.4 Å². The number of nitrogens with one attached hydrogen (secondary N) is 1. The third-order valence-electron chi connectivity index (χ3n) is 3.55. The molecule has 1 saturated heterocycles. The van der Waals surface area contributed by atoms with E-state index >= 15 is 0 Å². The highest BCUT2D eigenvalue weighted by molar-refractivity contribution is 9.10. The molecule has 0 unspecified atom stereocenters. The number of rotatable bonds is 3. The topological polar surface area (TPSA) is 32.3 Å². The van der Waals surface area contributed by atoms with Crippen molar-refractivity contribution in [1.29, 1.82) is 0 Å². The molecular formula is C14H18BrClN2O. The minimum absolute atomic E-state index is 0.0292. The van der Waals surface area contributed by atoms with Crippen molar-refractivity contribution in [2.24, 2.45) is 0 Å². The van der Waals surface area contributed by atoms with Gasteiger partial charge in [0.05, 0.1) is 5.56 Å². The smallest absolute Gasteiger partial charge is 0.252 e. The molecule has 19 heavy (non-hydrogen) atoms. The van der Waals surface area contributed by atoms with Crippen molar-refractivity contribution in [2.75, 3.05) is 19.6 Å². The zero-order valence-electron chi connectivity index (χ0n) is 11.0. The Kier molecular flexibility index (Phi) is 5.25. The molecule has 1 heterocycles. The molecule has 0 saturated carbocycles. The highest BCUT2D eigenvalue weighted by Gasteiger charge is 2.21. The van der Waals surface area contributed by atoms with E-state index in [4.69, 9.17) is 11.6 Å². The molecule has 1 amide bonds. The minimum Gasteiger partial charge on any atom is -0.349 e. The summed E-state index contributed by atoms with van der Waals surface area (Å²) < 4.78 is 0.739. The molecule has 0 aliphatic carbocycles. The summed E-state index contributed by atoms with van der Waals surface area (Å²) in [6, 6.07) is 5.51. The number of amides is 1. The van der Waals surface area contributed by atoms with E-state index in [9.17, 15) is 4.79 Å². The van der Waals surface area contributed by atoms with Crippen LogP contribution in [0.1, 0.15) is 30.1 Å². The molecule has 5 heteroatoms. The number of hydrogen-bond donors (Lipinski definition) is 1. The molecule has 104 valence electrons. The maximum absolute atomic E-state index is 12.2. The Morgan fingerprint density at radius 1 is 1.47 bits per heavy atom. The number of piperidine rings is 1. The summed E-state index contributed by atoms with van der Waals surface area (Å²) in [5, 5.41) is 3.73. The van der Waals surface area contributed by atoms with Crippen molar-refractivity contribution < 1.29 is 4.79 Å². The number of benzene rings is 1. The molecule has 0 atom stereocenters. The summed E-state index contributed by atoms with van der Waals surface area (Å²) in [6.07, 6.45) is 2.04. The Labute approximate surface area is 127 Å². The van der Waals surface area contributed by atoms with Gasteiger partial charge in [-0.3, -0.25) is 4.79 Å². The molecule has 1 aromatic rings. The van der Waals surface area contributed by atoms with E-state index in [0.29, 0.717) is 10.6 Å². The predicted octanol–water partition coefficient (Wildman–Crippen LogP) is 3.32. The molecule has 1 N–H and O–H groups in total. The van der Waals surface area contributed by atoms with Crippen LogP contribution in [0.3, 0.4) is 0 Å². The third-order valence-corrected chi connectivity index (χ3v) is 4.44. The van der Waals surface area contributed by atoms with E-state index in [0.717, 1.165) is 36.9 Å². The Bertz CT molecular complexity index is 459. The Morgan fingerprint density at radius 3 is 2.74 bits per heavy atom. The van der Waals surface area contributed by atoms with Gasteiger partial charge in [0.1, 0.15) is 0 Å². The summed E-state index contributed by atoms with van der Waals surface area (Å²) in [5.74, 6) is -0.0292. The molecular weight excluding hydrogens is 328 g/mol. The summed E-state index contributed by atoms with van der Waals surface area (Å²) in [7, 11) is 0. The normalized spacial score (nSPS) is 17.4. The van der Waals surface area contributed by atoms with Gasteiger partial charge >= 0.3 is 0 Å². The van der Waals surface area contributed by atoms with Crippen LogP contribution in [-0.2, 0) is 0 Å². The van der Waals surface area contributed by atoms with Gasteiger partial charge in [0.15, 0.2) is 0 Å². The SMILES string of the molecule is CCN1CCC(NC(=O)c2ccc(Cl)cc2Br)CC1. The lowest BCUT2D eigenvalue weighted by atomic mass is 10.0. The minimum atomic E-state index is -0.0292. The van der Waals surface area contributed by atoms with Gasteiger partial charge in [0.25, 0.3) is 5.91 Å². The Hall–Kier alpha value is -0.580. The van der Waals surface area contributed by atoms with E-state index in [-0.39, 0.29) is 11.9 Å².